The summed E-state index contributed by atoms with van der Waals surface area (Å²) in [4.78, 5) is 20.7. The molecule has 6 heteroatoms. The van der Waals surface area contributed by atoms with Crippen LogP contribution in [-0.2, 0) is 11.3 Å². The van der Waals surface area contributed by atoms with E-state index in [1.807, 2.05) is 0 Å². The predicted octanol–water partition coefficient (Wildman–Crippen LogP) is -0.497. The molecule has 0 saturated heterocycles. The Kier molecular flexibility index (Phi) is 3.44. The molecule has 1 saturated carbocycles. The molecule has 0 radical (unpaired) electrons. The van der Waals surface area contributed by atoms with Crippen molar-refractivity contribution in [1.29, 1.82) is 0 Å². The Morgan fingerprint density at radius 2 is 2.29 bits per heavy atom. The molecular formula is C11H17N3O3. The van der Waals surface area contributed by atoms with Crippen molar-refractivity contribution in [3.8, 4) is 0 Å². The van der Waals surface area contributed by atoms with Gasteiger partial charge < -0.3 is 20.1 Å². The lowest BCUT2D eigenvalue weighted by atomic mass is 10.1. The summed E-state index contributed by atoms with van der Waals surface area (Å²) in [5.41, 5.74) is -0.595. The molecule has 17 heavy (non-hydrogen) atoms. The fraction of sp³-hybridized carbons (Fsp3) is 0.636. The SMILES string of the molecule is O=C(N(CCO)Cc1ncc[nH]1)C1(CO)CC1. The first-order chi connectivity index (χ1) is 8.22. The summed E-state index contributed by atoms with van der Waals surface area (Å²) in [7, 11) is 0. The van der Waals surface area contributed by atoms with Gasteiger partial charge in [0.1, 0.15) is 5.82 Å². The number of aromatic amines is 1. The predicted molar refractivity (Wildman–Crippen MR) is 59.8 cm³/mol. The number of carbonyl (C=O) groups excluding carboxylic acids is 1. The second-order valence-corrected chi connectivity index (χ2v) is 4.42. The first kappa shape index (κ1) is 12.1. The van der Waals surface area contributed by atoms with Crippen LogP contribution in [0.4, 0.5) is 0 Å². The minimum absolute atomic E-state index is 0.0893. The van der Waals surface area contributed by atoms with Gasteiger partial charge in [-0.3, -0.25) is 4.79 Å². The van der Waals surface area contributed by atoms with Crippen molar-refractivity contribution in [1.82, 2.24) is 14.9 Å². The summed E-state index contributed by atoms with van der Waals surface area (Å²) in [6.45, 7) is 0.398. The van der Waals surface area contributed by atoms with Gasteiger partial charge in [-0.15, -0.1) is 0 Å². The number of amides is 1. The first-order valence-electron chi connectivity index (χ1n) is 5.71. The van der Waals surface area contributed by atoms with Gasteiger partial charge >= 0.3 is 0 Å². The molecule has 0 spiro atoms. The van der Waals surface area contributed by atoms with Crippen LogP contribution < -0.4 is 0 Å². The third-order valence-electron chi connectivity index (χ3n) is 3.16. The average molecular weight is 239 g/mol. The van der Waals surface area contributed by atoms with Gasteiger partial charge in [0.15, 0.2) is 0 Å². The molecule has 0 bridgehead atoms. The molecular weight excluding hydrogens is 222 g/mol. The van der Waals surface area contributed by atoms with E-state index in [1.165, 1.54) is 0 Å². The lowest BCUT2D eigenvalue weighted by Gasteiger charge is -2.25. The fourth-order valence-corrected chi connectivity index (χ4v) is 1.86. The van der Waals surface area contributed by atoms with E-state index in [9.17, 15) is 9.90 Å². The number of aromatic nitrogens is 2. The maximum Gasteiger partial charge on any atom is 0.231 e. The molecule has 1 aromatic heterocycles. The Morgan fingerprint density at radius 1 is 1.53 bits per heavy atom. The van der Waals surface area contributed by atoms with E-state index < -0.39 is 5.41 Å². The minimum Gasteiger partial charge on any atom is -0.395 e. The highest BCUT2D eigenvalue weighted by Gasteiger charge is 2.51. The Bertz CT molecular complexity index is 373. The van der Waals surface area contributed by atoms with Crippen LogP contribution in [0.3, 0.4) is 0 Å². The normalized spacial score (nSPS) is 16.8. The lowest BCUT2D eigenvalue weighted by Crippen LogP contribution is -2.40. The van der Waals surface area contributed by atoms with Crippen molar-refractivity contribution in [3.05, 3.63) is 18.2 Å². The number of carbonyl (C=O) groups is 1. The van der Waals surface area contributed by atoms with E-state index in [-0.39, 0.29) is 25.7 Å². The monoisotopic (exact) mass is 239 g/mol. The number of nitrogens with zero attached hydrogens (tertiary/aromatic N) is 2. The van der Waals surface area contributed by atoms with Crippen LogP contribution in [0.2, 0.25) is 0 Å². The second kappa shape index (κ2) is 4.85. The largest absolute Gasteiger partial charge is 0.395 e. The summed E-state index contributed by atoms with van der Waals surface area (Å²) in [6.07, 6.45) is 4.76. The Balaban J connectivity index is 2.04. The molecule has 0 aromatic carbocycles. The van der Waals surface area contributed by atoms with Gasteiger partial charge in [0.25, 0.3) is 0 Å². The molecule has 2 rings (SSSR count). The first-order valence-corrected chi connectivity index (χ1v) is 5.71. The van der Waals surface area contributed by atoms with E-state index >= 15 is 0 Å². The molecule has 6 nitrogen and oxygen atoms in total. The van der Waals surface area contributed by atoms with Gasteiger partial charge in [-0.25, -0.2) is 4.98 Å². The van der Waals surface area contributed by atoms with Crippen LogP contribution in [0.15, 0.2) is 12.4 Å². The fourth-order valence-electron chi connectivity index (χ4n) is 1.86. The standard InChI is InChI=1S/C11H17N3O3/c15-6-5-14(7-9-12-3-4-13-9)10(17)11(8-16)1-2-11/h3-4,15-16H,1-2,5-8H2,(H,12,13). The zero-order chi connectivity index (χ0) is 12.3. The van der Waals surface area contributed by atoms with Gasteiger partial charge in [-0.2, -0.15) is 0 Å². The Hall–Kier alpha value is -1.40. The summed E-state index contributed by atoms with van der Waals surface area (Å²) in [5, 5.41) is 18.2. The molecule has 3 N–H and O–H groups in total. The highest BCUT2D eigenvalue weighted by Crippen LogP contribution is 2.46. The number of aliphatic hydroxyl groups is 2. The molecule has 0 atom stereocenters. The van der Waals surface area contributed by atoms with E-state index in [0.717, 1.165) is 12.8 Å². The van der Waals surface area contributed by atoms with E-state index in [1.54, 1.807) is 17.3 Å². The van der Waals surface area contributed by atoms with E-state index in [2.05, 4.69) is 9.97 Å². The van der Waals surface area contributed by atoms with Gasteiger partial charge in [-0.05, 0) is 12.8 Å². The summed E-state index contributed by atoms with van der Waals surface area (Å²) < 4.78 is 0. The van der Waals surface area contributed by atoms with Crippen molar-refractivity contribution in [2.24, 2.45) is 5.41 Å². The average Bonchev–Trinajstić information content (AvgIpc) is 2.98. The maximum absolute atomic E-state index is 12.2. The van der Waals surface area contributed by atoms with Crippen LogP contribution in [-0.4, -0.2) is 50.7 Å². The molecule has 94 valence electrons. The van der Waals surface area contributed by atoms with Crippen molar-refractivity contribution >= 4 is 5.91 Å². The number of imidazole rings is 1. The number of hydrogen-bond donors (Lipinski definition) is 3. The molecule has 0 aliphatic heterocycles. The second-order valence-electron chi connectivity index (χ2n) is 4.42. The number of nitrogens with one attached hydrogen (secondary N) is 1. The van der Waals surface area contributed by atoms with Gasteiger partial charge in [0, 0.05) is 18.9 Å². The zero-order valence-electron chi connectivity index (χ0n) is 9.59. The van der Waals surface area contributed by atoms with E-state index in [4.69, 9.17) is 5.11 Å². The molecule has 1 aliphatic rings. The molecule has 1 aromatic rings. The van der Waals surface area contributed by atoms with Crippen LogP contribution in [0.25, 0.3) is 0 Å². The third kappa shape index (κ3) is 2.48. The van der Waals surface area contributed by atoms with Crippen LogP contribution in [0.5, 0.6) is 0 Å². The summed E-state index contributed by atoms with van der Waals surface area (Å²) >= 11 is 0. The summed E-state index contributed by atoms with van der Waals surface area (Å²) in [6, 6.07) is 0. The number of H-pyrrole nitrogens is 1. The highest BCUT2D eigenvalue weighted by molar-refractivity contribution is 5.85. The smallest absolute Gasteiger partial charge is 0.231 e. The number of aliphatic hydroxyl groups excluding tert-OH is 2. The molecule has 1 heterocycles. The maximum atomic E-state index is 12.2. The highest BCUT2D eigenvalue weighted by atomic mass is 16.3. The van der Waals surface area contributed by atoms with Gasteiger partial charge in [-0.1, -0.05) is 0 Å². The summed E-state index contributed by atoms with van der Waals surface area (Å²) in [5.74, 6) is 0.589. The van der Waals surface area contributed by atoms with Crippen molar-refractivity contribution in [2.45, 2.75) is 19.4 Å². The molecule has 1 fully saturated rings. The van der Waals surface area contributed by atoms with Gasteiger partial charge in [0.2, 0.25) is 5.91 Å². The van der Waals surface area contributed by atoms with Crippen LogP contribution >= 0.6 is 0 Å². The lowest BCUT2D eigenvalue weighted by molar-refractivity contribution is -0.139. The van der Waals surface area contributed by atoms with E-state index in [0.29, 0.717) is 12.4 Å². The molecule has 1 amide bonds. The van der Waals surface area contributed by atoms with Crippen LogP contribution in [0.1, 0.15) is 18.7 Å². The van der Waals surface area contributed by atoms with Crippen molar-refractivity contribution < 1.29 is 15.0 Å². The van der Waals surface area contributed by atoms with Gasteiger partial charge in [0.05, 0.1) is 25.2 Å². The topological polar surface area (TPSA) is 89.5 Å². The van der Waals surface area contributed by atoms with Crippen LogP contribution in [0, 0.1) is 5.41 Å². The quantitative estimate of drug-likeness (QED) is 0.624. The zero-order valence-corrected chi connectivity index (χ0v) is 9.59. The minimum atomic E-state index is -0.595. The molecule has 1 aliphatic carbocycles. The third-order valence-corrected chi connectivity index (χ3v) is 3.16. The molecule has 0 unspecified atom stereocenters. The number of hydrogen-bond acceptors (Lipinski definition) is 4. The number of rotatable bonds is 6. The Labute approximate surface area is 99.3 Å². The van der Waals surface area contributed by atoms with Crippen molar-refractivity contribution in [3.63, 3.8) is 0 Å². The Morgan fingerprint density at radius 3 is 2.76 bits per heavy atom. The van der Waals surface area contributed by atoms with Crippen molar-refractivity contribution in [2.75, 3.05) is 19.8 Å².